The lowest BCUT2D eigenvalue weighted by Gasteiger charge is -2.45. The van der Waals surface area contributed by atoms with Gasteiger partial charge in [-0.25, -0.2) is 4.79 Å². The van der Waals surface area contributed by atoms with Crippen molar-refractivity contribution in [3.05, 3.63) is 70.8 Å². The van der Waals surface area contributed by atoms with Crippen LogP contribution in [0.3, 0.4) is 0 Å². The van der Waals surface area contributed by atoms with E-state index in [2.05, 4.69) is 31.9 Å². The van der Waals surface area contributed by atoms with E-state index >= 15 is 0 Å². The molecule has 1 aliphatic carbocycles. The first-order valence-electron chi connectivity index (χ1n) is 14.6. The highest BCUT2D eigenvalue weighted by Gasteiger charge is 2.51. The molecule has 4 unspecified atom stereocenters. The molecule has 0 radical (unpaired) electrons. The summed E-state index contributed by atoms with van der Waals surface area (Å²) in [5.41, 5.74) is 0.853. The van der Waals surface area contributed by atoms with Crippen molar-refractivity contribution < 1.29 is 49.7 Å². The molecule has 2 fully saturated rings. The summed E-state index contributed by atoms with van der Waals surface area (Å²) in [6.45, 7) is 5.45. The molecule has 0 aromatic rings. The van der Waals surface area contributed by atoms with Crippen LogP contribution in [0.4, 0.5) is 0 Å². The first-order valence-corrected chi connectivity index (χ1v) is 16.3. The van der Waals surface area contributed by atoms with Crippen molar-refractivity contribution in [2.24, 2.45) is 11.8 Å². The second kappa shape index (κ2) is 18.3. The topological polar surface area (TPSA) is 174 Å². The van der Waals surface area contributed by atoms with Crippen LogP contribution >= 0.6 is 31.9 Å². The van der Waals surface area contributed by atoms with Crippen molar-refractivity contribution in [3.8, 4) is 0 Å². The number of halogens is 2. The molecule has 44 heavy (non-hydrogen) atoms. The Labute approximate surface area is 275 Å². The molecule has 2 rings (SSSR count). The number of esters is 1. The van der Waals surface area contributed by atoms with E-state index in [1.807, 2.05) is 19.9 Å². The summed E-state index contributed by atoms with van der Waals surface area (Å²) in [5, 5.41) is 62.3. The van der Waals surface area contributed by atoms with E-state index in [9.17, 15) is 35.1 Å². The number of aliphatic carboxylic acids is 1. The largest absolute Gasteiger partial charge is 0.481 e. The van der Waals surface area contributed by atoms with Gasteiger partial charge in [0.05, 0.1) is 35.2 Å². The highest BCUT2D eigenvalue weighted by molar-refractivity contribution is 9.11. The van der Waals surface area contributed by atoms with Crippen LogP contribution < -0.4 is 0 Å². The Balaban J connectivity index is 1.90. The van der Waals surface area contributed by atoms with Crippen molar-refractivity contribution in [3.63, 3.8) is 0 Å². The molecule has 0 spiro atoms. The number of rotatable bonds is 13. The van der Waals surface area contributed by atoms with E-state index < -0.39 is 71.0 Å². The minimum Gasteiger partial charge on any atom is -0.481 e. The monoisotopic (exact) mass is 746 g/mol. The minimum atomic E-state index is -2.15. The summed E-state index contributed by atoms with van der Waals surface area (Å²) in [6, 6.07) is 0. The summed E-state index contributed by atoms with van der Waals surface area (Å²) in [6.07, 6.45) is 11.2. The molecule has 2 aliphatic rings. The van der Waals surface area contributed by atoms with Gasteiger partial charge < -0.3 is 40.1 Å². The zero-order valence-corrected chi connectivity index (χ0v) is 28.2. The number of allylic oxidation sites excluding steroid dienone is 9. The van der Waals surface area contributed by atoms with Gasteiger partial charge in [-0.3, -0.25) is 4.79 Å². The smallest absolute Gasteiger partial charge is 0.331 e. The van der Waals surface area contributed by atoms with Gasteiger partial charge in [-0.2, -0.15) is 0 Å². The standard InChI is InChI=1S/C32H44Br2O10/c1-4-5-13-25-28(34)24(36)18-32(42,44-25)30(39)29(38)20(3)22(33)12-8-6-10-19(2)11-7-9-14-27(37)43-26-17-21(31(40)41)15-16-23(26)35/h5-14,20-21,23-26,28-30,35-36,38-39,42H,4,15-18H2,1-3H3,(H,40,41)/b8-6+,11-7+,13-5+,14-9+,19-10+,22-12-/t20-,21+,23+,24?,25?,26-,28?,29-,30+,32?/m1/s1. The molecule has 0 aromatic heterocycles. The number of carbonyl (C=O) groups excluding carboxylic acids is 1. The molecule has 246 valence electrons. The van der Waals surface area contributed by atoms with E-state index in [-0.39, 0.29) is 19.3 Å². The van der Waals surface area contributed by atoms with E-state index in [0.717, 1.165) is 12.0 Å². The minimum absolute atomic E-state index is 0.0822. The van der Waals surface area contributed by atoms with Gasteiger partial charge in [0.1, 0.15) is 12.2 Å². The molecule has 1 aliphatic heterocycles. The number of carboxylic acids is 1. The number of hydrogen-bond acceptors (Lipinski definition) is 9. The first-order chi connectivity index (χ1) is 20.7. The molecule has 0 aromatic carbocycles. The quantitative estimate of drug-likeness (QED) is 0.0532. The molecule has 1 saturated carbocycles. The number of carboxylic acid groups (broad SMARTS) is 1. The van der Waals surface area contributed by atoms with Gasteiger partial charge in [-0.15, -0.1) is 0 Å². The Morgan fingerprint density at radius 3 is 2.39 bits per heavy atom. The number of aliphatic hydroxyl groups excluding tert-OH is 4. The number of hydrogen-bond donors (Lipinski definition) is 6. The van der Waals surface area contributed by atoms with E-state index in [0.29, 0.717) is 10.9 Å². The lowest BCUT2D eigenvalue weighted by molar-refractivity contribution is -0.315. The van der Waals surface area contributed by atoms with E-state index in [1.165, 1.54) is 12.2 Å². The van der Waals surface area contributed by atoms with Crippen LogP contribution in [-0.4, -0.2) is 89.8 Å². The molecular formula is C32H44Br2O10. The van der Waals surface area contributed by atoms with Gasteiger partial charge in [-0.05, 0) is 26.2 Å². The van der Waals surface area contributed by atoms with Crippen LogP contribution in [0, 0.1) is 11.8 Å². The highest BCUT2D eigenvalue weighted by Crippen LogP contribution is 2.37. The second-order valence-electron chi connectivity index (χ2n) is 11.2. The fraction of sp³-hybridized carbons (Fsp3) is 0.562. The lowest BCUT2D eigenvalue weighted by Crippen LogP contribution is -2.61. The second-order valence-corrected chi connectivity index (χ2v) is 13.1. The maximum absolute atomic E-state index is 12.1. The Hall–Kier alpha value is -1.90. The van der Waals surface area contributed by atoms with Crippen LogP contribution in [-0.2, 0) is 19.1 Å². The first kappa shape index (κ1) is 38.3. The van der Waals surface area contributed by atoms with Crippen molar-refractivity contribution in [2.75, 3.05) is 0 Å². The number of alkyl halides is 1. The maximum atomic E-state index is 12.1. The molecule has 10 nitrogen and oxygen atoms in total. The van der Waals surface area contributed by atoms with Gasteiger partial charge in [0, 0.05) is 29.3 Å². The van der Waals surface area contributed by atoms with Crippen LogP contribution in [0.1, 0.15) is 52.9 Å². The summed E-state index contributed by atoms with van der Waals surface area (Å²) in [4.78, 5) is 22.8. The molecule has 0 bridgehead atoms. The molecule has 1 heterocycles. The summed E-state index contributed by atoms with van der Waals surface area (Å²) in [7, 11) is 0. The third-order valence-corrected chi connectivity index (χ3v) is 9.74. The van der Waals surface area contributed by atoms with Gasteiger partial charge in [0.2, 0.25) is 0 Å². The zero-order chi connectivity index (χ0) is 33.0. The third kappa shape index (κ3) is 11.5. The fourth-order valence-corrected chi connectivity index (χ4v) is 5.74. The number of carbonyl (C=O) groups is 2. The predicted molar refractivity (Wildman–Crippen MR) is 173 cm³/mol. The van der Waals surface area contributed by atoms with Crippen LogP contribution in [0.25, 0.3) is 0 Å². The average Bonchev–Trinajstić information content (AvgIpc) is 2.98. The molecule has 10 atom stereocenters. The van der Waals surface area contributed by atoms with Crippen molar-refractivity contribution in [1.29, 1.82) is 0 Å². The van der Waals surface area contributed by atoms with Gasteiger partial charge in [0.15, 0.2) is 5.79 Å². The van der Waals surface area contributed by atoms with Gasteiger partial charge >= 0.3 is 11.9 Å². The molecule has 0 amide bonds. The fourth-order valence-electron chi connectivity index (χ4n) is 4.85. The van der Waals surface area contributed by atoms with Crippen LogP contribution in [0.15, 0.2) is 70.8 Å². The number of ether oxygens (including phenoxy) is 2. The summed E-state index contributed by atoms with van der Waals surface area (Å²) < 4.78 is 11.5. The summed E-state index contributed by atoms with van der Waals surface area (Å²) >= 11 is 6.79. The molecule has 1 saturated heterocycles. The Bertz CT molecular complexity index is 1150. The van der Waals surface area contributed by atoms with Crippen LogP contribution in [0.2, 0.25) is 0 Å². The van der Waals surface area contributed by atoms with Crippen molar-refractivity contribution in [1.82, 2.24) is 0 Å². The number of aliphatic hydroxyl groups is 5. The Morgan fingerprint density at radius 2 is 1.73 bits per heavy atom. The Kier molecular flexibility index (Phi) is 15.9. The Morgan fingerprint density at radius 1 is 1.07 bits per heavy atom. The van der Waals surface area contributed by atoms with Gasteiger partial charge in [-0.1, -0.05) is 106 Å². The normalized spacial score (nSPS) is 32.9. The zero-order valence-electron chi connectivity index (χ0n) is 25.1. The van der Waals surface area contributed by atoms with Gasteiger partial charge in [0.25, 0.3) is 0 Å². The molecule has 6 N–H and O–H groups in total. The van der Waals surface area contributed by atoms with E-state index in [1.54, 1.807) is 49.5 Å². The molecular weight excluding hydrogens is 704 g/mol. The molecule has 12 heteroatoms. The van der Waals surface area contributed by atoms with E-state index in [4.69, 9.17) is 14.6 Å². The van der Waals surface area contributed by atoms with Crippen LogP contribution in [0.5, 0.6) is 0 Å². The lowest BCUT2D eigenvalue weighted by atomic mass is 9.85. The maximum Gasteiger partial charge on any atom is 0.331 e. The van der Waals surface area contributed by atoms with Crippen molar-refractivity contribution >= 4 is 43.8 Å². The predicted octanol–water partition coefficient (Wildman–Crippen LogP) is 3.96. The summed E-state index contributed by atoms with van der Waals surface area (Å²) in [5.74, 6) is -5.04. The van der Waals surface area contributed by atoms with Crippen molar-refractivity contribution in [2.45, 2.75) is 100 Å². The highest BCUT2D eigenvalue weighted by atomic mass is 79.9. The third-order valence-electron chi connectivity index (χ3n) is 7.62. The SMILES string of the molecule is CC/C=C/C1OC(O)([C@@H](O)[C@H](O)[C@H](C)/C(Br)=C/C=C/C=C(C)/C=C/C=C/C(=O)O[C@@H]2C[C@@H](C(=O)O)CC[C@@H]2O)CC(O)C1Br. The average molecular weight is 749 g/mol.